The Morgan fingerprint density at radius 2 is 1.58 bits per heavy atom. The molecule has 0 heterocycles. The normalized spacial score (nSPS) is 31.9. The van der Waals surface area contributed by atoms with Gasteiger partial charge in [0.2, 0.25) is 5.60 Å². The van der Waals surface area contributed by atoms with E-state index in [9.17, 15) is 14.9 Å². The molecule has 1 fully saturated rings. The van der Waals surface area contributed by atoms with Gasteiger partial charge in [-0.05, 0) is 48.6 Å². The number of carbonyl (C=O) groups excluding carboxylic acids is 1. The fourth-order valence-corrected chi connectivity index (χ4v) is 8.43. The van der Waals surface area contributed by atoms with Gasteiger partial charge in [0.05, 0.1) is 0 Å². The number of ketones is 1. The molecule has 0 aromatic carbocycles. The number of hydrogen-bond donors (Lipinski definition) is 0. The van der Waals surface area contributed by atoms with Gasteiger partial charge < -0.3 is 8.85 Å². The van der Waals surface area contributed by atoms with Crippen molar-refractivity contribution in [1.82, 2.24) is 0 Å². The molecule has 0 aliphatic heterocycles. The third-order valence-electron chi connectivity index (χ3n) is 8.10. The molecule has 2 rings (SSSR count). The molecule has 2 aliphatic rings. The minimum atomic E-state index is -2.56. The van der Waals surface area contributed by atoms with Crippen LogP contribution in [-0.2, 0) is 13.6 Å². The van der Waals surface area contributed by atoms with Crippen LogP contribution in [-0.4, -0.2) is 56.6 Å². The standard InChI is InChI=1S/C22H41NO5SSi2/c1-19(2,3)30(8,9)27-21(15-29-7)16-12-13-18(24)22(21,17(14-16)23(25)26)28-31(10,11)20(4,5)6/h12-13,16-17H,14-15H2,1-11H3/t16-,17+,21+,22+/m1/s1. The van der Waals surface area contributed by atoms with E-state index in [1.165, 1.54) is 6.08 Å². The second kappa shape index (κ2) is 8.07. The van der Waals surface area contributed by atoms with E-state index in [-0.39, 0.29) is 33.1 Å². The minimum Gasteiger partial charge on any atom is -0.406 e. The molecule has 2 aliphatic carbocycles. The summed E-state index contributed by atoms with van der Waals surface area (Å²) in [5.74, 6) is -0.0494. The van der Waals surface area contributed by atoms with Crippen LogP contribution in [0.3, 0.4) is 0 Å². The summed E-state index contributed by atoms with van der Waals surface area (Å²) in [5, 5.41) is 12.1. The summed E-state index contributed by atoms with van der Waals surface area (Å²) < 4.78 is 14.0. The summed E-state index contributed by atoms with van der Waals surface area (Å²) in [4.78, 5) is 25.9. The summed E-state index contributed by atoms with van der Waals surface area (Å²) in [7, 11) is -4.95. The highest BCUT2D eigenvalue weighted by Crippen LogP contribution is 2.59. The average Bonchev–Trinajstić information content (AvgIpc) is 2.70. The van der Waals surface area contributed by atoms with E-state index in [0.29, 0.717) is 5.75 Å². The molecule has 0 radical (unpaired) electrons. The lowest BCUT2D eigenvalue weighted by atomic mass is 9.74. The number of nitrogens with zero attached hydrogens (tertiary/aromatic N) is 1. The van der Waals surface area contributed by atoms with Crippen molar-refractivity contribution >= 4 is 34.2 Å². The predicted molar refractivity (Wildman–Crippen MR) is 133 cm³/mol. The minimum absolute atomic E-state index is 0.107. The van der Waals surface area contributed by atoms with Crippen molar-refractivity contribution in [2.24, 2.45) is 5.92 Å². The monoisotopic (exact) mass is 487 g/mol. The molecule has 178 valence electrons. The zero-order valence-electron chi connectivity index (χ0n) is 21.1. The summed E-state index contributed by atoms with van der Waals surface area (Å²) >= 11 is 1.58. The summed E-state index contributed by atoms with van der Waals surface area (Å²) in [6.07, 6.45) is 5.61. The molecule has 0 amide bonds. The number of fused-ring (bicyclic) bond motifs is 2. The molecule has 0 saturated heterocycles. The van der Waals surface area contributed by atoms with Crippen LogP contribution in [0.4, 0.5) is 0 Å². The van der Waals surface area contributed by atoms with E-state index < -0.39 is 33.9 Å². The van der Waals surface area contributed by atoms with Gasteiger partial charge in [0.25, 0.3) is 6.04 Å². The van der Waals surface area contributed by atoms with Crippen molar-refractivity contribution in [1.29, 1.82) is 0 Å². The first-order chi connectivity index (χ1) is 13.8. The first-order valence-electron chi connectivity index (χ1n) is 11.0. The highest BCUT2D eigenvalue weighted by Gasteiger charge is 2.78. The SMILES string of the molecule is CSC[C@]1(O[Si](C)(C)C(C)(C)C)[C@@H]2C=CC(=O)[C@@]1(O[Si](C)(C)C(C)(C)C)[C@@H]([N+](=O)[O-])C2. The van der Waals surface area contributed by atoms with Crippen LogP contribution in [0, 0.1) is 16.0 Å². The number of hydrogen-bond acceptors (Lipinski definition) is 6. The highest BCUT2D eigenvalue weighted by atomic mass is 32.2. The average molecular weight is 488 g/mol. The topological polar surface area (TPSA) is 78.7 Å². The molecule has 0 unspecified atom stereocenters. The summed E-state index contributed by atoms with van der Waals surface area (Å²) in [6, 6.07) is -1.12. The zero-order chi connectivity index (χ0) is 24.3. The third kappa shape index (κ3) is 4.13. The molecule has 9 heteroatoms. The zero-order valence-corrected chi connectivity index (χ0v) is 23.9. The molecule has 0 spiro atoms. The van der Waals surface area contributed by atoms with E-state index in [4.69, 9.17) is 8.85 Å². The molecule has 6 nitrogen and oxygen atoms in total. The first kappa shape index (κ1) is 26.8. The highest BCUT2D eigenvalue weighted by molar-refractivity contribution is 7.98. The van der Waals surface area contributed by atoms with Gasteiger partial charge in [-0.3, -0.25) is 14.9 Å². The van der Waals surface area contributed by atoms with Crippen molar-refractivity contribution in [3.05, 3.63) is 22.3 Å². The Kier molecular flexibility index (Phi) is 6.97. The number of thioether (sulfide) groups is 1. The maximum atomic E-state index is 13.8. The van der Waals surface area contributed by atoms with Crippen LogP contribution >= 0.6 is 11.8 Å². The smallest absolute Gasteiger partial charge is 0.251 e. The number of carbonyl (C=O) groups is 1. The van der Waals surface area contributed by atoms with E-state index in [1.807, 2.05) is 12.3 Å². The molecule has 0 N–H and O–H groups in total. The van der Waals surface area contributed by atoms with E-state index in [2.05, 4.69) is 67.7 Å². The Hall–Kier alpha value is -0.486. The van der Waals surface area contributed by atoms with Crippen LogP contribution in [0.5, 0.6) is 0 Å². The predicted octanol–water partition coefficient (Wildman–Crippen LogP) is 5.67. The van der Waals surface area contributed by atoms with Gasteiger partial charge in [0.1, 0.15) is 5.60 Å². The summed E-state index contributed by atoms with van der Waals surface area (Å²) in [6.45, 7) is 21.2. The Morgan fingerprint density at radius 3 is 2.00 bits per heavy atom. The van der Waals surface area contributed by atoms with Crippen LogP contribution in [0.1, 0.15) is 48.0 Å². The van der Waals surface area contributed by atoms with Crippen LogP contribution in [0.2, 0.25) is 36.3 Å². The maximum absolute atomic E-state index is 13.8. The molecule has 1 saturated carbocycles. The summed E-state index contributed by atoms with van der Waals surface area (Å²) in [5.41, 5.74) is -2.65. The lowest BCUT2D eigenvalue weighted by Gasteiger charge is -2.55. The molecule has 31 heavy (non-hydrogen) atoms. The van der Waals surface area contributed by atoms with Crippen LogP contribution in [0.25, 0.3) is 0 Å². The van der Waals surface area contributed by atoms with Gasteiger partial charge in [-0.1, -0.05) is 47.6 Å². The third-order valence-corrected chi connectivity index (χ3v) is 17.7. The molecule has 2 bridgehead atoms. The van der Waals surface area contributed by atoms with Crippen molar-refractivity contribution in [3.63, 3.8) is 0 Å². The Bertz CT molecular complexity index is 771. The van der Waals surface area contributed by atoms with Crippen LogP contribution < -0.4 is 0 Å². The first-order valence-corrected chi connectivity index (χ1v) is 18.3. The van der Waals surface area contributed by atoms with E-state index in [1.54, 1.807) is 11.8 Å². The van der Waals surface area contributed by atoms with Crippen LogP contribution in [0.15, 0.2) is 12.2 Å². The van der Waals surface area contributed by atoms with Crippen molar-refractivity contribution in [3.8, 4) is 0 Å². The van der Waals surface area contributed by atoms with Gasteiger partial charge >= 0.3 is 0 Å². The Balaban J connectivity index is 2.84. The quantitative estimate of drug-likeness (QED) is 0.261. The fourth-order valence-electron chi connectivity index (χ4n) is 4.30. The maximum Gasteiger partial charge on any atom is 0.251 e. The largest absolute Gasteiger partial charge is 0.406 e. The van der Waals surface area contributed by atoms with Crippen molar-refractivity contribution in [2.45, 2.75) is 101 Å². The van der Waals surface area contributed by atoms with E-state index in [0.717, 1.165) is 0 Å². The van der Waals surface area contributed by atoms with Gasteiger partial charge in [-0.15, -0.1) is 0 Å². The van der Waals surface area contributed by atoms with E-state index >= 15 is 0 Å². The second-order valence-electron chi connectivity index (χ2n) is 12.1. The molecule has 0 aromatic heterocycles. The Morgan fingerprint density at radius 1 is 1.10 bits per heavy atom. The lowest BCUT2D eigenvalue weighted by molar-refractivity contribution is -0.538. The number of rotatable bonds is 7. The number of nitro groups is 1. The van der Waals surface area contributed by atoms with Gasteiger partial charge in [0, 0.05) is 23.0 Å². The molecule has 0 aromatic rings. The van der Waals surface area contributed by atoms with Crippen molar-refractivity contribution < 1.29 is 18.6 Å². The van der Waals surface area contributed by atoms with Gasteiger partial charge in [-0.25, -0.2) is 0 Å². The molecular formula is C22H41NO5SSi2. The molecule has 4 atom stereocenters. The van der Waals surface area contributed by atoms with Gasteiger partial charge in [-0.2, -0.15) is 11.8 Å². The second-order valence-corrected chi connectivity index (χ2v) is 22.5. The molecular weight excluding hydrogens is 446 g/mol. The van der Waals surface area contributed by atoms with Gasteiger partial charge in [0.15, 0.2) is 22.4 Å². The fraction of sp³-hybridized carbons (Fsp3) is 0.864. The lowest BCUT2D eigenvalue weighted by Crippen LogP contribution is -2.74. The van der Waals surface area contributed by atoms with Crippen molar-refractivity contribution in [2.75, 3.05) is 12.0 Å². The Labute approximate surface area is 194 Å².